The lowest BCUT2D eigenvalue weighted by Gasteiger charge is -2.29. The number of nitrogens with one attached hydrogen (secondary N) is 2. The molecule has 30 heavy (non-hydrogen) atoms. The fraction of sp³-hybridized carbons (Fsp3) is 0.273. The zero-order chi connectivity index (χ0) is 22.1. The van der Waals surface area contributed by atoms with E-state index >= 15 is 0 Å². The maximum atomic E-state index is 12.6. The highest BCUT2D eigenvalue weighted by molar-refractivity contribution is 6.22. The van der Waals surface area contributed by atoms with Crippen LogP contribution in [0.2, 0.25) is 0 Å². The van der Waals surface area contributed by atoms with Crippen molar-refractivity contribution in [1.82, 2.24) is 15.5 Å². The molecular weight excluding hydrogens is 386 g/mol. The molecule has 0 radical (unpaired) electrons. The van der Waals surface area contributed by atoms with Gasteiger partial charge in [-0.25, -0.2) is 0 Å². The van der Waals surface area contributed by atoms with E-state index in [1.165, 1.54) is 35.2 Å². The van der Waals surface area contributed by atoms with Crippen molar-refractivity contribution >= 4 is 23.6 Å². The Labute approximate surface area is 173 Å². The van der Waals surface area contributed by atoms with E-state index in [2.05, 4.69) is 10.6 Å². The number of imide groups is 1. The highest BCUT2D eigenvalue weighted by Gasteiger charge is 2.42. The van der Waals surface area contributed by atoms with E-state index in [4.69, 9.17) is 0 Å². The van der Waals surface area contributed by atoms with Gasteiger partial charge in [-0.3, -0.25) is 24.1 Å². The van der Waals surface area contributed by atoms with Crippen molar-refractivity contribution < 1.29 is 24.3 Å². The molecule has 8 heteroatoms. The van der Waals surface area contributed by atoms with Crippen molar-refractivity contribution in [3.63, 3.8) is 0 Å². The van der Waals surface area contributed by atoms with Gasteiger partial charge in [0.05, 0.1) is 11.1 Å². The Bertz CT molecular complexity index is 1040. The SMILES string of the molecule is CC(C)(C)N1C(=O)c2ccc(C(=O)NCCNC(=O)c3cccc(O)c3)cc2C1=O. The summed E-state index contributed by atoms with van der Waals surface area (Å²) in [6, 6.07) is 10.3. The highest BCUT2D eigenvalue weighted by atomic mass is 16.3. The first kappa shape index (κ1) is 21.0. The standard InChI is InChI=1S/C22H23N3O5/c1-22(2,3)25-20(29)16-8-7-14(12-17(16)21(25)30)19(28)24-10-9-23-18(27)13-5-4-6-15(26)11-13/h4-8,11-12,26H,9-10H2,1-3H3,(H,23,27)(H,24,28). The molecule has 0 unspecified atom stereocenters. The molecule has 2 aromatic rings. The Morgan fingerprint density at radius 2 is 1.43 bits per heavy atom. The Balaban J connectivity index is 1.59. The number of phenols is 1. The number of carbonyl (C=O) groups is 4. The molecule has 3 rings (SSSR count). The fourth-order valence-corrected chi connectivity index (χ4v) is 3.19. The monoisotopic (exact) mass is 409 g/mol. The van der Waals surface area contributed by atoms with Crippen molar-refractivity contribution in [1.29, 1.82) is 0 Å². The lowest BCUT2D eigenvalue weighted by molar-refractivity contribution is 0.0507. The number of nitrogens with zero attached hydrogens (tertiary/aromatic N) is 1. The average Bonchev–Trinajstić information content (AvgIpc) is 2.94. The Hall–Kier alpha value is -3.68. The Morgan fingerprint density at radius 1 is 0.867 bits per heavy atom. The van der Waals surface area contributed by atoms with Gasteiger partial charge in [-0.1, -0.05) is 6.07 Å². The van der Waals surface area contributed by atoms with E-state index in [0.29, 0.717) is 5.56 Å². The number of amides is 4. The normalized spacial score (nSPS) is 13.2. The van der Waals surface area contributed by atoms with Crippen LogP contribution < -0.4 is 10.6 Å². The van der Waals surface area contributed by atoms with E-state index in [1.807, 2.05) is 0 Å². The number of fused-ring (bicyclic) bond motifs is 1. The number of hydrogen-bond donors (Lipinski definition) is 3. The molecule has 0 aliphatic carbocycles. The Kier molecular flexibility index (Phi) is 5.60. The van der Waals surface area contributed by atoms with Crippen LogP contribution in [0.5, 0.6) is 5.75 Å². The molecule has 0 saturated heterocycles. The summed E-state index contributed by atoms with van der Waals surface area (Å²) in [5.74, 6) is -1.59. The summed E-state index contributed by atoms with van der Waals surface area (Å²) in [5, 5.41) is 14.7. The first-order valence-electron chi connectivity index (χ1n) is 9.48. The molecule has 2 aromatic carbocycles. The van der Waals surface area contributed by atoms with Crippen LogP contribution in [-0.4, -0.2) is 52.3 Å². The van der Waals surface area contributed by atoms with Crippen molar-refractivity contribution in [3.05, 3.63) is 64.7 Å². The molecule has 0 bridgehead atoms. The lowest BCUT2D eigenvalue weighted by Crippen LogP contribution is -2.45. The van der Waals surface area contributed by atoms with E-state index in [1.54, 1.807) is 32.9 Å². The molecule has 1 aliphatic heterocycles. The average molecular weight is 409 g/mol. The molecule has 1 heterocycles. The predicted octanol–water partition coefficient (Wildman–Crippen LogP) is 1.95. The summed E-state index contributed by atoms with van der Waals surface area (Å²) in [6.45, 7) is 5.66. The minimum Gasteiger partial charge on any atom is -0.508 e. The number of hydrogen-bond acceptors (Lipinski definition) is 5. The number of carbonyl (C=O) groups excluding carboxylic acids is 4. The van der Waals surface area contributed by atoms with Gasteiger partial charge in [0, 0.05) is 29.8 Å². The molecule has 0 atom stereocenters. The van der Waals surface area contributed by atoms with Crippen molar-refractivity contribution in [2.45, 2.75) is 26.3 Å². The van der Waals surface area contributed by atoms with E-state index in [-0.39, 0.29) is 47.3 Å². The largest absolute Gasteiger partial charge is 0.508 e. The van der Waals surface area contributed by atoms with Crippen molar-refractivity contribution in [3.8, 4) is 5.75 Å². The first-order chi connectivity index (χ1) is 14.1. The third kappa shape index (κ3) is 4.17. The predicted molar refractivity (Wildman–Crippen MR) is 109 cm³/mol. The zero-order valence-electron chi connectivity index (χ0n) is 17.0. The van der Waals surface area contributed by atoms with E-state index in [9.17, 15) is 24.3 Å². The highest BCUT2D eigenvalue weighted by Crippen LogP contribution is 2.29. The van der Waals surface area contributed by atoms with Crippen LogP contribution in [0.1, 0.15) is 62.2 Å². The quantitative estimate of drug-likeness (QED) is 0.516. The van der Waals surface area contributed by atoms with E-state index in [0.717, 1.165) is 0 Å². The van der Waals surface area contributed by atoms with Crippen molar-refractivity contribution in [2.24, 2.45) is 0 Å². The number of phenolic OH excluding ortho intramolecular Hbond substituents is 1. The van der Waals surface area contributed by atoms with Crippen LogP contribution in [0.4, 0.5) is 0 Å². The molecule has 8 nitrogen and oxygen atoms in total. The first-order valence-corrected chi connectivity index (χ1v) is 9.48. The van der Waals surface area contributed by atoms with Gasteiger partial charge in [0.15, 0.2) is 0 Å². The molecule has 1 aliphatic rings. The topological polar surface area (TPSA) is 116 Å². The van der Waals surface area contributed by atoms with Gasteiger partial charge in [0.1, 0.15) is 5.75 Å². The number of aromatic hydroxyl groups is 1. The second-order valence-corrected chi connectivity index (χ2v) is 7.94. The van der Waals surface area contributed by atoms with Crippen LogP contribution in [0.15, 0.2) is 42.5 Å². The van der Waals surface area contributed by atoms with Gasteiger partial charge >= 0.3 is 0 Å². The molecule has 156 valence electrons. The van der Waals surface area contributed by atoms with Gasteiger partial charge in [0.2, 0.25) is 0 Å². The second-order valence-electron chi connectivity index (χ2n) is 7.94. The smallest absolute Gasteiger partial charge is 0.262 e. The molecular formula is C22H23N3O5. The maximum absolute atomic E-state index is 12.6. The molecule has 4 amide bonds. The molecule has 0 spiro atoms. The third-order valence-corrected chi connectivity index (χ3v) is 4.62. The molecule has 0 saturated carbocycles. The summed E-state index contributed by atoms with van der Waals surface area (Å²) in [6.07, 6.45) is 0. The Morgan fingerprint density at radius 3 is 2.00 bits per heavy atom. The molecule has 3 N–H and O–H groups in total. The van der Waals surface area contributed by atoms with Crippen LogP contribution >= 0.6 is 0 Å². The van der Waals surface area contributed by atoms with Gasteiger partial charge in [-0.2, -0.15) is 0 Å². The van der Waals surface area contributed by atoms with Crippen LogP contribution in [0.25, 0.3) is 0 Å². The van der Waals surface area contributed by atoms with Gasteiger partial charge in [-0.05, 0) is 57.2 Å². The lowest BCUT2D eigenvalue weighted by atomic mass is 10.1. The van der Waals surface area contributed by atoms with Crippen LogP contribution in [0.3, 0.4) is 0 Å². The molecule has 0 fully saturated rings. The number of rotatable bonds is 5. The van der Waals surface area contributed by atoms with Crippen LogP contribution in [0, 0.1) is 0 Å². The van der Waals surface area contributed by atoms with E-state index < -0.39 is 17.4 Å². The number of benzene rings is 2. The third-order valence-electron chi connectivity index (χ3n) is 4.62. The fourth-order valence-electron chi connectivity index (χ4n) is 3.19. The summed E-state index contributed by atoms with van der Waals surface area (Å²) >= 11 is 0. The minimum absolute atomic E-state index is 0.00869. The second kappa shape index (κ2) is 7.98. The van der Waals surface area contributed by atoms with Crippen molar-refractivity contribution in [2.75, 3.05) is 13.1 Å². The summed E-state index contributed by atoms with van der Waals surface area (Å²) in [7, 11) is 0. The summed E-state index contributed by atoms with van der Waals surface area (Å²) < 4.78 is 0. The minimum atomic E-state index is -0.663. The zero-order valence-corrected chi connectivity index (χ0v) is 17.0. The summed E-state index contributed by atoms with van der Waals surface area (Å²) in [5.41, 5.74) is 0.393. The maximum Gasteiger partial charge on any atom is 0.262 e. The summed E-state index contributed by atoms with van der Waals surface area (Å²) in [4.78, 5) is 50.7. The van der Waals surface area contributed by atoms with Gasteiger partial charge in [-0.15, -0.1) is 0 Å². The van der Waals surface area contributed by atoms with Gasteiger partial charge in [0.25, 0.3) is 23.6 Å². The van der Waals surface area contributed by atoms with Gasteiger partial charge < -0.3 is 15.7 Å². The molecule has 0 aromatic heterocycles. The van der Waals surface area contributed by atoms with Crippen LogP contribution in [-0.2, 0) is 0 Å².